The van der Waals surface area contributed by atoms with Crippen LogP contribution in [0.3, 0.4) is 0 Å². The number of benzene rings is 1. The summed E-state index contributed by atoms with van der Waals surface area (Å²) >= 11 is 0. The number of hydrogen-bond acceptors (Lipinski definition) is 4. The molecule has 0 aliphatic heterocycles. The molecule has 4 rings (SSSR count). The van der Waals surface area contributed by atoms with Crippen LogP contribution in [0.15, 0.2) is 59.7 Å². The van der Waals surface area contributed by atoms with Crippen LogP contribution in [0, 0.1) is 0 Å². The lowest BCUT2D eigenvalue weighted by molar-refractivity contribution is 0.251. The lowest BCUT2D eigenvalue weighted by Gasteiger charge is -2.07. The van der Waals surface area contributed by atoms with Gasteiger partial charge in [0.15, 0.2) is 5.82 Å². The molecule has 2 amide bonds. The Kier molecular flexibility index (Phi) is 4.69. The number of carbonyl (C=O) groups excluding carboxylic acids is 1. The van der Waals surface area contributed by atoms with Crippen LogP contribution in [0.1, 0.15) is 18.9 Å². The monoisotopic (exact) mass is 364 g/mol. The van der Waals surface area contributed by atoms with Gasteiger partial charge in [-0.2, -0.15) is 0 Å². The fourth-order valence-corrected chi connectivity index (χ4v) is 2.89. The molecular weight excluding hydrogens is 344 g/mol. The summed E-state index contributed by atoms with van der Waals surface area (Å²) in [4.78, 5) is 28.8. The molecule has 0 bridgehead atoms. The average molecular weight is 364 g/mol. The van der Waals surface area contributed by atoms with Crippen LogP contribution in [0.25, 0.3) is 11.4 Å². The van der Waals surface area contributed by atoms with Gasteiger partial charge in [0.25, 0.3) is 0 Å². The molecule has 1 fully saturated rings. The van der Waals surface area contributed by atoms with E-state index in [-0.39, 0.29) is 17.8 Å². The quantitative estimate of drug-likeness (QED) is 0.701. The summed E-state index contributed by atoms with van der Waals surface area (Å²) in [5.74, 6) is 0.629. The summed E-state index contributed by atoms with van der Waals surface area (Å²) in [6.07, 6.45) is 5.36. The van der Waals surface area contributed by atoms with Crippen LogP contribution in [-0.4, -0.2) is 31.9 Å². The number of carbonyl (C=O) groups is 1. The molecule has 0 spiro atoms. The number of rotatable bonds is 6. The highest BCUT2D eigenvalue weighted by atomic mass is 16.2. The molecule has 1 aliphatic carbocycles. The van der Waals surface area contributed by atoms with Crippen molar-refractivity contribution >= 4 is 11.7 Å². The van der Waals surface area contributed by atoms with E-state index in [4.69, 9.17) is 0 Å². The van der Waals surface area contributed by atoms with Crippen molar-refractivity contribution in [1.29, 1.82) is 0 Å². The van der Waals surface area contributed by atoms with E-state index in [1.807, 2.05) is 42.5 Å². The number of nitrogens with one attached hydrogen (secondary N) is 2. The summed E-state index contributed by atoms with van der Waals surface area (Å²) < 4.78 is 3.14. The summed E-state index contributed by atoms with van der Waals surface area (Å²) in [6, 6.07) is 12.8. The van der Waals surface area contributed by atoms with Gasteiger partial charge in [-0.15, -0.1) is 5.10 Å². The third kappa shape index (κ3) is 3.89. The van der Waals surface area contributed by atoms with E-state index in [9.17, 15) is 9.59 Å². The summed E-state index contributed by atoms with van der Waals surface area (Å²) in [5, 5.41) is 9.97. The van der Waals surface area contributed by atoms with Gasteiger partial charge in [0, 0.05) is 36.2 Å². The first-order valence-electron chi connectivity index (χ1n) is 8.92. The van der Waals surface area contributed by atoms with Crippen LogP contribution >= 0.6 is 0 Å². The number of amides is 2. The standard InChI is InChI=1S/C19H20N6O2/c26-18(22-15-6-2-1-3-7-15)21-11-12-24-19(27)25(16-8-9-16)17(23-24)14-5-4-10-20-13-14/h1-7,10,13,16H,8-9,11-12H2,(H2,21,22,26). The maximum atomic E-state index is 12.7. The van der Waals surface area contributed by atoms with E-state index >= 15 is 0 Å². The van der Waals surface area contributed by atoms with Gasteiger partial charge in [0.2, 0.25) is 0 Å². The van der Waals surface area contributed by atoms with Crippen LogP contribution in [0.5, 0.6) is 0 Å². The van der Waals surface area contributed by atoms with Gasteiger partial charge in [-0.3, -0.25) is 9.55 Å². The summed E-state index contributed by atoms with van der Waals surface area (Å²) in [5.41, 5.74) is 1.38. The topological polar surface area (TPSA) is 93.8 Å². The van der Waals surface area contributed by atoms with Gasteiger partial charge in [0.1, 0.15) is 0 Å². The van der Waals surface area contributed by atoms with Crippen molar-refractivity contribution in [2.45, 2.75) is 25.4 Å². The van der Waals surface area contributed by atoms with E-state index in [1.165, 1.54) is 4.68 Å². The number of urea groups is 1. The van der Waals surface area contributed by atoms with Gasteiger partial charge in [-0.1, -0.05) is 18.2 Å². The molecule has 138 valence electrons. The predicted molar refractivity (Wildman–Crippen MR) is 101 cm³/mol. The lowest BCUT2D eigenvalue weighted by atomic mass is 10.3. The molecule has 0 unspecified atom stereocenters. The molecule has 2 N–H and O–H groups in total. The lowest BCUT2D eigenvalue weighted by Crippen LogP contribution is -2.34. The van der Waals surface area contributed by atoms with E-state index in [0.717, 1.165) is 18.4 Å². The highest BCUT2D eigenvalue weighted by molar-refractivity contribution is 5.89. The Morgan fingerprint density at radius 1 is 1.15 bits per heavy atom. The summed E-state index contributed by atoms with van der Waals surface area (Å²) in [7, 11) is 0. The molecule has 1 aromatic carbocycles. The first kappa shape index (κ1) is 17.0. The van der Waals surface area contributed by atoms with Gasteiger partial charge in [0.05, 0.1) is 6.54 Å². The van der Waals surface area contributed by atoms with E-state index < -0.39 is 0 Å². The second-order valence-corrected chi connectivity index (χ2v) is 6.42. The predicted octanol–water partition coefficient (Wildman–Crippen LogP) is 2.26. The molecule has 1 saturated carbocycles. The number of hydrogen-bond donors (Lipinski definition) is 2. The zero-order valence-electron chi connectivity index (χ0n) is 14.7. The van der Waals surface area contributed by atoms with Crippen molar-refractivity contribution < 1.29 is 4.79 Å². The van der Waals surface area contributed by atoms with Crippen molar-refractivity contribution in [3.63, 3.8) is 0 Å². The number of pyridine rings is 1. The maximum Gasteiger partial charge on any atom is 0.346 e. The van der Waals surface area contributed by atoms with E-state index in [0.29, 0.717) is 24.6 Å². The zero-order chi connectivity index (χ0) is 18.6. The minimum Gasteiger partial charge on any atom is -0.336 e. The number of anilines is 1. The second-order valence-electron chi connectivity index (χ2n) is 6.42. The molecular formula is C19H20N6O2. The Hall–Kier alpha value is -3.42. The van der Waals surface area contributed by atoms with Gasteiger partial charge < -0.3 is 10.6 Å². The molecule has 0 saturated heterocycles. The highest BCUT2D eigenvalue weighted by Crippen LogP contribution is 2.36. The number of aromatic nitrogens is 4. The Bertz CT molecular complexity index is 976. The van der Waals surface area contributed by atoms with E-state index in [2.05, 4.69) is 20.7 Å². The maximum absolute atomic E-state index is 12.7. The van der Waals surface area contributed by atoms with Crippen molar-refractivity contribution in [3.05, 3.63) is 65.3 Å². The van der Waals surface area contributed by atoms with Gasteiger partial charge in [-0.25, -0.2) is 14.3 Å². The number of nitrogens with zero attached hydrogens (tertiary/aromatic N) is 4. The zero-order valence-corrected chi connectivity index (χ0v) is 14.7. The molecule has 8 nitrogen and oxygen atoms in total. The highest BCUT2D eigenvalue weighted by Gasteiger charge is 2.30. The average Bonchev–Trinajstić information content (AvgIpc) is 3.47. The molecule has 3 aromatic rings. The smallest absolute Gasteiger partial charge is 0.336 e. The largest absolute Gasteiger partial charge is 0.346 e. The van der Waals surface area contributed by atoms with Crippen molar-refractivity contribution in [2.75, 3.05) is 11.9 Å². The minimum atomic E-state index is -0.316. The minimum absolute atomic E-state index is 0.151. The molecule has 27 heavy (non-hydrogen) atoms. The van der Waals surface area contributed by atoms with E-state index in [1.54, 1.807) is 17.0 Å². The van der Waals surface area contributed by atoms with Crippen molar-refractivity contribution in [1.82, 2.24) is 24.6 Å². The fourth-order valence-electron chi connectivity index (χ4n) is 2.89. The molecule has 0 radical (unpaired) electrons. The SMILES string of the molecule is O=C(NCCn1nc(-c2cccnc2)n(C2CC2)c1=O)Nc1ccccc1. The first-order chi connectivity index (χ1) is 13.2. The van der Waals surface area contributed by atoms with Crippen LogP contribution < -0.4 is 16.3 Å². The normalized spacial score (nSPS) is 13.3. The Morgan fingerprint density at radius 3 is 2.67 bits per heavy atom. The molecule has 1 aliphatic rings. The molecule has 8 heteroatoms. The second kappa shape index (κ2) is 7.45. The van der Waals surface area contributed by atoms with Crippen LogP contribution in [0.4, 0.5) is 10.5 Å². The third-order valence-electron chi connectivity index (χ3n) is 4.34. The molecule has 0 atom stereocenters. The van der Waals surface area contributed by atoms with Crippen LogP contribution in [0.2, 0.25) is 0 Å². The summed E-state index contributed by atoms with van der Waals surface area (Å²) in [6.45, 7) is 0.598. The Labute approximate surface area is 155 Å². The van der Waals surface area contributed by atoms with Crippen molar-refractivity contribution in [2.24, 2.45) is 0 Å². The molecule has 2 heterocycles. The first-order valence-corrected chi connectivity index (χ1v) is 8.92. The molecule has 2 aromatic heterocycles. The van der Waals surface area contributed by atoms with Crippen LogP contribution in [-0.2, 0) is 6.54 Å². The fraction of sp³-hybridized carbons (Fsp3) is 0.263. The Morgan fingerprint density at radius 2 is 1.96 bits per heavy atom. The number of para-hydroxylation sites is 1. The van der Waals surface area contributed by atoms with Gasteiger partial charge in [-0.05, 0) is 37.1 Å². The third-order valence-corrected chi connectivity index (χ3v) is 4.34. The van der Waals surface area contributed by atoms with Crippen molar-refractivity contribution in [3.8, 4) is 11.4 Å². The Balaban J connectivity index is 1.43. The van der Waals surface area contributed by atoms with Gasteiger partial charge >= 0.3 is 11.7 Å².